The van der Waals surface area contributed by atoms with Gasteiger partial charge in [-0.15, -0.1) is 0 Å². The van der Waals surface area contributed by atoms with Crippen molar-refractivity contribution in [2.45, 2.75) is 13.3 Å². The van der Waals surface area contributed by atoms with Gasteiger partial charge in [0.1, 0.15) is 5.69 Å². The molecule has 128 valence electrons. The first-order chi connectivity index (χ1) is 12.7. The normalized spacial score (nSPS) is 10.8. The molecule has 2 aromatic heterocycles. The predicted molar refractivity (Wildman–Crippen MR) is 101 cm³/mol. The lowest BCUT2D eigenvalue weighted by atomic mass is 10.1. The monoisotopic (exact) mass is 343 g/mol. The zero-order valence-electron chi connectivity index (χ0n) is 14.3. The quantitative estimate of drug-likeness (QED) is 0.595. The fraction of sp³-hybridized carbons (Fsp3) is 0.0952. The number of benzene rings is 2. The van der Waals surface area contributed by atoms with Gasteiger partial charge in [0.2, 0.25) is 5.91 Å². The van der Waals surface area contributed by atoms with Crippen LogP contribution >= 0.6 is 0 Å². The highest BCUT2D eigenvalue weighted by Crippen LogP contribution is 2.26. The number of oxazole rings is 1. The topological polar surface area (TPSA) is 68.0 Å². The van der Waals surface area contributed by atoms with Crippen molar-refractivity contribution in [3.63, 3.8) is 0 Å². The van der Waals surface area contributed by atoms with Gasteiger partial charge in [0.05, 0.1) is 11.2 Å². The first-order valence-electron chi connectivity index (χ1n) is 8.34. The molecule has 0 fully saturated rings. The smallest absolute Gasteiger partial charge is 0.221 e. The van der Waals surface area contributed by atoms with Crippen LogP contribution in [0.15, 0.2) is 71.5 Å². The molecule has 0 aliphatic rings. The van der Waals surface area contributed by atoms with E-state index < -0.39 is 0 Å². The Hall–Kier alpha value is -3.47. The van der Waals surface area contributed by atoms with Crippen molar-refractivity contribution in [3.05, 3.63) is 78.3 Å². The first kappa shape index (κ1) is 16.0. The minimum Gasteiger partial charge on any atom is -0.442 e. The van der Waals surface area contributed by atoms with E-state index in [9.17, 15) is 4.79 Å². The van der Waals surface area contributed by atoms with Gasteiger partial charge >= 0.3 is 0 Å². The van der Waals surface area contributed by atoms with Crippen LogP contribution in [0.1, 0.15) is 18.2 Å². The van der Waals surface area contributed by atoms with Gasteiger partial charge in [-0.05, 0) is 29.8 Å². The lowest BCUT2D eigenvalue weighted by Crippen LogP contribution is -2.05. The Morgan fingerprint density at radius 1 is 1.08 bits per heavy atom. The second-order valence-electron chi connectivity index (χ2n) is 6.08. The number of carbonyl (C=O) groups excluding carboxylic acids is 1. The van der Waals surface area contributed by atoms with Crippen LogP contribution < -0.4 is 5.32 Å². The number of anilines is 1. The first-order valence-corrected chi connectivity index (χ1v) is 8.34. The number of pyridine rings is 1. The molecule has 5 nitrogen and oxygen atoms in total. The predicted octanol–water partition coefficient (Wildman–Crippen LogP) is 4.44. The van der Waals surface area contributed by atoms with Crippen molar-refractivity contribution in [3.8, 4) is 11.5 Å². The molecule has 0 atom stereocenters. The van der Waals surface area contributed by atoms with Crippen LogP contribution in [-0.4, -0.2) is 15.9 Å². The Morgan fingerprint density at radius 3 is 2.73 bits per heavy atom. The molecule has 1 N–H and O–H groups in total. The fourth-order valence-electron chi connectivity index (χ4n) is 2.93. The number of amides is 1. The fourth-order valence-corrected chi connectivity index (χ4v) is 2.93. The standard InChI is InChI=1S/C21H17N3O2/c1-14(25)23-17-8-10-18-16(12-17)7-9-19(24-18)21-20(22-13-26-21)11-15-5-3-2-4-6-15/h2-10,12-13H,11H2,1H3,(H,23,25). The number of hydrogen-bond donors (Lipinski definition) is 1. The maximum absolute atomic E-state index is 11.2. The van der Waals surface area contributed by atoms with Crippen molar-refractivity contribution in [2.75, 3.05) is 5.32 Å². The Morgan fingerprint density at radius 2 is 1.92 bits per heavy atom. The van der Waals surface area contributed by atoms with Crippen molar-refractivity contribution < 1.29 is 9.21 Å². The summed E-state index contributed by atoms with van der Waals surface area (Å²) in [5.41, 5.74) is 4.36. The molecule has 0 saturated heterocycles. The van der Waals surface area contributed by atoms with E-state index in [0.717, 1.165) is 28.0 Å². The summed E-state index contributed by atoms with van der Waals surface area (Å²) >= 11 is 0. The molecule has 2 aromatic carbocycles. The second-order valence-corrected chi connectivity index (χ2v) is 6.08. The molecule has 5 heteroatoms. The van der Waals surface area contributed by atoms with E-state index in [2.05, 4.69) is 22.4 Å². The van der Waals surface area contributed by atoms with E-state index in [1.807, 2.05) is 48.5 Å². The van der Waals surface area contributed by atoms with Crippen LogP contribution in [0.25, 0.3) is 22.4 Å². The zero-order valence-corrected chi connectivity index (χ0v) is 14.3. The largest absolute Gasteiger partial charge is 0.442 e. The third-order valence-corrected chi connectivity index (χ3v) is 4.10. The van der Waals surface area contributed by atoms with E-state index in [1.54, 1.807) is 0 Å². The molecule has 0 unspecified atom stereocenters. The highest BCUT2D eigenvalue weighted by atomic mass is 16.3. The number of aromatic nitrogens is 2. The lowest BCUT2D eigenvalue weighted by Gasteiger charge is -2.06. The van der Waals surface area contributed by atoms with Gasteiger partial charge < -0.3 is 9.73 Å². The van der Waals surface area contributed by atoms with Crippen molar-refractivity contribution in [1.29, 1.82) is 0 Å². The minimum atomic E-state index is -0.0962. The summed E-state index contributed by atoms with van der Waals surface area (Å²) in [6, 6.07) is 19.7. The Labute approximate surface area is 150 Å². The number of carbonyl (C=O) groups is 1. The van der Waals surface area contributed by atoms with Crippen LogP contribution in [0.5, 0.6) is 0 Å². The molecule has 26 heavy (non-hydrogen) atoms. The van der Waals surface area contributed by atoms with Crippen molar-refractivity contribution in [1.82, 2.24) is 9.97 Å². The molecule has 0 aliphatic carbocycles. The Kier molecular flexibility index (Phi) is 4.19. The van der Waals surface area contributed by atoms with Crippen molar-refractivity contribution in [2.24, 2.45) is 0 Å². The van der Waals surface area contributed by atoms with Crippen LogP contribution in [0, 0.1) is 0 Å². The van der Waals surface area contributed by atoms with E-state index in [1.165, 1.54) is 18.9 Å². The maximum Gasteiger partial charge on any atom is 0.221 e. The van der Waals surface area contributed by atoms with Gasteiger partial charge in [0.25, 0.3) is 0 Å². The number of hydrogen-bond acceptors (Lipinski definition) is 4. The number of nitrogens with zero attached hydrogens (tertiary/aromatic N) is 2. The van der Waals surface area contributed by atoms with E-state index in [-0.39, 0.29) is 5.91 Å². The molecule has 2 heterocycles. The van der Waals surface area contributed by atoms with Crippen LogP contribution in [0.3, 0.4) is 0 Å². The second kappa shape index (κ2) is 6.80. The highest BCUT2D eigenvalue weighted by molar-refractivity contribution is 5.92. The summed E-state index contributed by atoms with van der Waals surface area (Å²) in [4.78, 5) is 20.3. The molecule has 0 saturated carbocycles. The van der Waals surface area contributed by atoms with Crippen LogP contribution in [0.2, 0.25) is 0 Å². The molecule has 0 bridgehead atoms. The minimum absolute atomic E-state index is 0.0962. The third-order valence-electron chi connectivity index (χ3n) is 4.10. The SMILES string of the molecule is CC(=O)Nc1ccc2nc(-c3ocnc3Cc3ccccc3)ccc2c1. The number of fused-ring (bicyclic) bond motifs is 1. The zero-order chi connectivity index (χ0) is 17.9. The van der Waals surface area contributed by atoms with Gasteiger partial charge in [0, 0.05) is 24.4 Å². The van der Waals surface area contributed by atoms with E-state index >= 15 is 0 Å². The third kappa shape index (κ3) is 3.32. The molecule has 4 aromatic rings. The van der Waals surface area contributed by atoms with Crippen LogP contribution in [-0.2, 0) is 11.2 Å². The summed E-state index contributed by atoms with van der Waals surface area (Å²) in [6.45, 7) is 1.49. The number of nitrogens with one attached hydrogen (secondary N) is 1. The molecule has 1 amide bonds. The average molecular weight is 343 g/mol. The van der Waals surface area contributed by atoms with Gasteiger partial charge in [-0.3, -0.25) is 4.79 Å². The molecule has 0 aliphatic heterocycles. The van der Waals surface area contributed by atoms with Gasteiger partial charge in [0.15, 0.2) is 12.2 Å². The average Bonchev–Trinajstić information content (AvgIpc) is 3.10. The summed E-state index contributed by atoms with van der Waals surface area (Å²) in [6.07, 6.45) is 2.15. The Bertz CT molecular complexity index is 1070. The number of rotatable bonds is 4. The summed E-state index contributed by atoms with van der Waals surface area (Å²) in [5, 5.41) is 3.73. The lowest BCUT2D eigenvalue weighted by molar-refractivity contribution is -0.114. The maximum atomic E-state index is 11.2. The van der Waals surface area contributed by atoms with E-state index in [0.29, 0.717) is 12.2 Å². The molecule has 0 spiro atoms. The molecular weight excluding hydrogens is 326 g/mol. The van der Waals surface area contributed by atoms with Gasteiger partial charge in [-0.2, -0.15) is 0 Å². The van der Waals surface area contributed by atoms with Gasteiger partial charge in [-0.1, -0.05) is 36.4 Å². The summed E-state index contributed by atoms with van der Waals surface area (Å²) in [5.74, 6) is 0.586. The van der Waals surface area contributed by atoms with E-state index in [4.69, 9.17) is 9.40 Å². The highest BCUT2D eigenvalue weighted by Gasteiger charge is 2.13. The Balaban J connectivity index is 1.67. The molecule has 4 rings (SSSR count). The molecular formula is C21H17N3O2. The molecule has 0 radical (unpaired) electrons. The van der Waals surface area contributed by atoms with Crippen molar-refractivity contribution >= 4 is 22.5 Å². The summed E-state index contributed by atoms with van der Waals surface area (Å²) in [7, 11) is 0. The van der Waals surface area contributed by atoms with Crippen LogP contribution in [0.4, 0.5) is 5.69 Å². The van der Waals surface area contributed by atoms with Gasteiger partial charge in [-0.25, -0.2) is 9.97 Å². The summed E-state index contributed by atoms with van der Waals surface area (Å²) < 4.78 is 5.62.